The van der Waals surface area contributed by atoms with E-state index in [1.54, 1.807) is 0 Å². The predicted molar refractivity (Wildman–Crippen MR) is 116 cm³/mol. The first kappa shape index (κ1) is 23.9. The van der Waals surface area contributed by atoms with Crippen molar-refractivity contribution in [3.05, 3.63) is 23.8 Å². The summed E-state index contributed by atoms with van der Waals surface area (Å²) in [4.78, 5) is 24.3. The number of aliphatic hydroxyl groups is 1. The van der Waals surface area contributed by atoms with Gasteiger partial charge in [-0.05, 0) is 62.4 Å². The van der Waals surface area contributed by atoms with Crippen LogP contribution < -0.4 is 0 Å². The van der Waals surface area contributed by atoms with E-state index in [2.05, 4.69) is 32.1 Å². The Bertz CT molecular complexity index is 620. The molecule has 1 unspecified atom stereocenters. The molecule has 0 aromatic heterocycles. The van der Waals surface area contributed by atoms with Gasteiger partial charge in [0.15, 0.2) is 0 Å². The molecule has 2 rings (SSSR count). The molecule has 0 saturated heterocycles. The molecule has 0 spiro atoms. The Kier molecular flexibility index (Phi) is 9.13. The van der Waals surface area contributed by atoms with E-state index in [9.17, 15) is 14.7 Å². The van der Waals surface area contributed by atoms with Gasteiger partial charge in [0.1, 0.15) is 11.9 Å². The molecular weight excluding hydrogens is 364 g/mol. The molecule has 1 saturated carbocycles. The number of hydrogen-bond donors (Lipinski definition) is 1. The molecular formula is C25H40O4. The Morgan fingerprint density at radius 1 is 1.28 bits per heavy atom. The van der Waals surface area contributed by atoms with Crippen LogP contribution in [0.1, 0.15) is 79.6 Å². The van der Waals surface area contributed by atoms with Gasteiger partial charge < -0.3 is 9.84 Å². The van der Waals surface area contributed by atoms with Crippen LogP contribution >= 0.6 is 0 Å². The number of rotatable bonds is 8. The standard InChI is InChI=1S/C25H40O4/c1-6-8-20-11-9-17(4)23(12-10-19-13-21(26)15-22(27)14-19)24(20)18(5)29-25(28)16(3)7-2/h8-9,11,16-19,21,23-24,26H,6-7,10,12-15H2,1-5H3/b20-8-/t16-,17-,18-,19+,21+,23?,24-/m0/s1. The van der Waals surface area contributed by atoms with Gasteiger partial charge in [0, 0.05) is 18.8 Å². The number of Topliss-reactive ketones (excluding diaryl/α,β-unsaturated/α-hetero) is 1. The molecule has 2 aliphatic carbocycles. The van der Waals surface area contributed by atoms with Gasteiger partial charge in [-0.3, -0.25) is 9.59 Å². The van der Waals surface area contributed by atoms with Gasteiger partial charge in [0.05, 0.1) is 12.0 Å². The quantitative estimate of drug-likeness (QED) is 0.561. The second kappa shape index (κ2) is 11.1. The number of hydrogen-bond acceptors (Lipinski definition) is 4. The number of ketones is 1. The molecule has 0 bridgehead atoms. The lowest BCUT2D eigenvalue weighted by Crippen LogP contribution is -2.37. The highest BCUT2D eigenvalue weighted by atomic mass is 16.5. The van der Waals surface area contributed by atoms with E-state index in [-0.39, 0.29) is 35.6 Å². The van der Waals surface area contributed by atoms with Crippen molar-refractivity contribution in [1.82, 2.24) is 0 Å². The monoisotopic (exact) mass is 404 g/mol. The van der Waals surface area contributed by atoms with Gasteiger partial charge in [-0.2, -0.15) is 0 Å². The molecule has 164 valence electrons. The average molecular weight is 405 g/mol. The molecule has 0 radical (unpaired) electrons. The van der Waals surface area contributed by atoms with Crippen molar-refractivity contribution in [2.75, 3.05) is 0 Å². The minimum Gasteiger partial charge on any atom is -0.462 e. The fourth-order valence-electron chi connectivity index (χ4n) is 5.00. The van der Waals surface area contributed by atoms with E-state index in [1.807, 2.05) is 20.8 Å². The zero-order valence-corrected chi connectivity index (χ0v) is 18.9. The third-order valence-corrected chi connectivity index (χ3v) is 6.87. The normalized spacial score (nSPS) is 33.5. The second-order valence-corrected chi connectivity index (χ2v) is 9.25. The van der Waals surface area contributed by atoms with E-state index < -0.39 is 6.10 Å². The van der Waals surface area contributed by atoms with E-state index in [0.29, 0.717) is 24.7 Å². The first-order valence-corrected chi connectivity index (χ1v) is 11.5. The van der Waals surface area contributed by atoms with Gasteiger partial charge in [-0.1, -0.05) is 45.9 Å². The molecule has 4 nitrogen and oxygen atoms in total. The van der Waals surface area contributed by atoms with Crippen molar-refractivity contribution >= 4 is 11.8 Å². The summed E-state index contributed by atoms with van der Waals surface area (Å²) in [7, 11) is 0. The summed E-state index contributed by atoms with van der Waals surface area (Å²) in [6.45, 7) is 10.3. The summed E-state index contributed by atoms with van der Waals surface area (Å²) < 4.78 is 5.92. The topological polar surface area (TPSA) is 63.6 Å². The van der Waals surface area contributed by atoms with Crippen LogP contribution in [0.4, 0.5) is 0 Å². The van der Waals surface area contributed by atoms with E-state index in [0.717, 1.165) is 32.1 Å². The maximum absolute atomic E-state index is 12.4. The molecule has 2 aliphatic rings. The Morgan fingerprint density at radius 3 is 2.62 bits per heavy atom. The molecule has 1 fully saturated rings. The summed E-state index contributed by atoms with van der Waals surface area (Å²) >= 11 is 0. The fourth-order valence-corrected chi connectivity index (χ4v) is 5.00. The van der Waals surface area contributed by atoms with Crippen molar-refractivity contribution in [3.8, 4) is 0 Å². The van der Waals surface area contributed by atoms with E-state index in [4.69, 9.17) is 4.74 Å². The minimum absolute atomic E-state index is 0.0826. The third kappa shape index (κ3) is 6.53. The van der Waals surface area contributed by atoms with Crippen LogP contribution in [-0.2, 0) is 14.3 Å². The van der Waals surface area contributed by atoms with Crippen molar-refractivity contribution in [2.24, 2.45) is 29.6 Å². The van der Waals surface area contributed by atoms with Gasteiger partial charge in [0.25, 0.3) is 0 Å². The van der Waals surface area contributed by atoms with Crippen LogP contribution in [0.15, 0.2) is 23.8 Å². The Hall–Kier alpha value is -1.42. The fraction of sp³-hybridized carbons (Fsp3) is 0.760. The summed E-state index contributed by atoms with van der Waals surface area (Å²) in [6.07, 6.45) is 11.4. The van der Waals surface area contributed by atoms with E-state index >= 15 is 0 Å². The Balaban J connectivity index is 2.14. The maximum atomic E-state index is 12.4. The van der Waals surface area contributed by atoms with Crippen molar-refractivity contribution in [3.63, 3.8) is 0 Å². The lowest BCUT2D eigenvalue weighted by molar-refractivity contribution is -0.156. The molecule has 4 heteroatoms. The van der Waals surface area contributed by atoms with Gasteiger partial charge in [0.2, 0.25) is 0 Å². The molecule has 7 atom stereocenters. The number of esters is 1. The number of carbonyl (C=O) groups is 2. The molecule has 29 heavy (non-hydrogen) atoms. The molecule has 0 amide bonds. The van der Waals surface area contributed by atoms with Gasteiger partial charge >= 0.3 is 5.97 Å². The van der Waals surface area contributed by atoms with E-state index in [1.165, 1.54) is 5.57 Å². The first-order chi connectivity index (χ1) is 13.8. The molecule has 0 aromatic rings. The maximum Gasteiger partial charge on any atom is 0.308 e. The second-order valence-electron chi connectivity index (χ2n) is 9.25. The molecule has 0 heterocycles. The average Bonchev–Trinajstić information content (AvgIpc) is 2.66. The van der Waals surface area contributed by atoms with Crippen molar-refractivity contribution in [2.45, 2.75) is 91.8 Å². The summed E-state index contributed by atoms with van der Waals surface area (Å²) in [5.41, 5.74) is 1.26. The van der Waals surface area contributed by atoms with Crippen LogP contribution in [-0.4, -0.2) is 29.1 Å². The minimum atomic E-state index is -0.480. The highest BCUT2D eigenvalue weighted by Crippen LogP contribution is 2.41. The number of ether oxygens (including phenoxy) is 1. The Morgan fingerprint density at radius 2 is 2.00 bits per heavy atom. The van der Waals surface area contributed by atoms with Crippen molar-refractivity contribution in [1.29, 1.82) is 0 Å². The highest BCUT2D eigenvalue weighted by molar-refractivity contribution is 5.79. The molecule has 0 aromatic carbocycles. The first-order valence-electron chi connectivity index (χ1n) is 11.5. The summed E-state index contributed by atoms with van der Waals surface area (Å²) in [6, 6.07) is 0. The SMILES string of the molecule is CC/C=C1/C=C[C@H](C)C(CC[C@H]2CC(=O)C[C@H](O)C2)[C@H]1[C@H](C)OC(=O)[C@@H](C)CC. The third-order valence-electron chi connectivity index (χ3n) is 6.87. The van der Waals surface area contributed by atoms with Crippen LogP contribution in [0.5, 0.6) is 0 Å². The zero-order valence-electron chi connectivity index (χ0n) is 18.9. The van der Waals surface area contributed by atoms with Crippen molar-refractivity contribution < 1.29 is 19.4 Å². The number of carbonyl (C=O) groups excluding carboxylic acids is 2. The van der Waals surface area contributed by atoms with Gasteiger partial charge in [-0.25, -0.2) is 0 Å². The van der Waals surface area contributed by atoms with Crippen LogP contribution in [0, 0.1) is 29.6 Å². The number of aliphatic hydroxyl groups excluding tert-OH is 1. The van der Waals surface area contributed by atoms with Crippen LogP contribution in [0.3, 0.4) is 0 Å². The predicted octanol–water partition coefficient (Wildman–Crippen LogP) is 5.25. The van der Waals surface area contributed by atoms with Crippen LogP contribution in [0.25, 0.3) is 0 Å². The lowest BCUT2D eigenvalue weighted by atomic mass is 9.68. The smallest absolute Gasteiger partial charge is 0.308 e. The Labute approximate surface area is 176 Å². The summed E-state index contributed by atoms with van der Waals surface area (Å²) in [5.74, 6) is 1.19. The van der Waals surface area contributed by atoms with Crippen LogP contribution in [0.2, 0.25) is 0 Å². The largest absolute Gasteiger partial charge is 0.462 e. The zero-order chi connectivity index (χ0) is 21.6. The lowest BCUT2D eigenvalue weighted by Gasteiger charge is -2.39. The molecule has 1 N–H and O–H groups in total. The highest BCUT2D eigenvalue weighted by Gasteiger charge is 2.37. The molecule has 0 aliphatic heterocycles. The van der Waals surface area contributed by atoms with Gasteiger partial charge in [-0.15, -0.1) is 0 Å². The summed E-state index contributed by atoms with van der Waals surface area (Å²) in [5, 5.41) is 9.97. The number of allylic oxidation sites excluding steroid dienone is 3.